The first-order valence-electron chi connectivity index (χ1n) is 14.0. The predicted molar refractivity (Wildman–Crippen MR) is 159 cm³/mol. The molecule has 4 rings (SSSR count). The van der Waals surface area contributed by atoms with Crippen LogP contribution in [0, 0.1) is 5.92 Å². The van der Waals surface area contributed by atoms with E-state index in [2.05, 4.69) is 26.9 Å². The minimum Gasteiger partial charge on any atom is -0.384 e. The number of nitrogens with zero attached hydrogens (tertiary/aromatic N) is 3. The fourth-order valence-electron chi connectivity index (χ4n) is 4.87. The number of sulfonamides is 1. The van der Waals surface area contributed by atoms with Crippen LogP contribution in [0.4, 0.5) is 11.5 Å². The highest BCUT2D eigenvalue weighted by atomic mass is 32.2. The minimum absolute atomic E-state index is 0.136. The number of piperidine rings is 1. The molecule has 218 valence electrons. The highest BCUT2D eigenvalue weighted by Crippen LogP contribution is 2.33. The number of likely N-dealkylation sites (tertiary alicyclic amines) is 1. The summed E-state index contributed by atoms with van der Waals surface area (Å²) in [6, 6.07) is 11.7. The van der Waals surface area contributed by atoms with Gasteiger partial charge in [-0.2, -0.15) is 4.72 Å². The first-order chi connectivity index (χ1) is 19.7. The molecule has 0 bridgehead atoms. The van der Waals surface area contributed by atoms with Gasteiger partial charge in [-0.05, 0) is 55.2 Å². The van der Waals surface area contributed by atoms with Crippen LogP contribution in [0.2, 0.25) is 0 Å². The van der Waals surface area contributed by atoms with Crippen LogP contribution in [0.1, 0.15) is 51.5 Å². The van der Waals surface area contributed by atoms with E-state index in [0.29, 0.717) is 48.8 Å². The first-order valence-corrected chi connectivity index (χ1v) is 15.5. The Hall–Kier alpha value is -3.83. The molecule has 1 aliphatic heterocycles. The summed E-state index contributed by atoms with van der Waals surface area (Å²) in [7, 11) is -4.27. The molecule has 1 fully saturated rings. The number of amides is 2. The van der Waals surface area contributed by atoms with Gasteiger partial charge >= 0.3 is 0 Å². The number of aromatic nitrogens is 2. The van der Waals surface area contributed by atoms with E-state index in [1.165, 1.54) is 12.4 Å². The Kier molecular flexibility index (Phi) is 10.1. The molecule has 41 heavy (non-hydrogen) atoms. The molecule has 3 aromatic rings. The summed E-state index contributed by atoms with van der Waals surface area (Å²) in [5.74, 6) is 0.356. The summed E-state index contributed by atoms with van der Waals surface area (Å²) in [6.07, 6.45) is 7.79. The number of carbonyl (C=O) groups excluding carboxylic acids is 2. The Morgan fingerprint density at radius 2 is 1.80 bits per heavy atom. The topological polar surface area (TPSA) is 147 Å². The van der Waals surface area contributed by atoms with Crippen LogP contribution >= 0.6 is 0 Å². The van der Waals surface area contributed by atoms with E-state index in [4.69, 9.17) is 5.73 Å². The highest BCUT2D eigenvalue weighted by Gasteiger charge is 2.32. The van der Waals surface area contributed by atoms with Crippen molar-refractivity contribution in [1.29, 1.82) is 0 Å². The van der Waals surface area contributed by atoms with Crippen molar-refractivity contribution in [3.05, 3.63) is 66.6 Å². The maximum atomic E-state index is 13.9. The SMILES string of the molecule is CCC(=O)Nc1c(-c2ccccc2)cncc1S(=O)(=O)N[C@@H](CCCc1ccc(N)nc1)C(=O)N1CCC(C)CC1. The number of benzene rings is 1. The fourth-order valence-corrected chi connectivity index (χ4v) is 6.22. The van der Waals surface area contributed by atoms with Gasteiger partial charge in [-0.3, -0.25) is 14.6 Å². The molecule has 1 aliphatic rings. The van der Waals surface area contributed by atoms with Crippen LogP contribution in [0.3, 0.4) is 0 Å². The number of carbonyl (C=O) groups is 2. The van der Waals surface area contributed by atoms with Crippen molar-refractivity contribution in [2.24, 2.45) is 5.92 Å². The van der Waals surface area contributed by atoms with Crippen molar-refractivity contribution < 1.29 is 18.0 Å². The van der Waals surface area contributed by atoms with E-state index < -0.39 is 16.1 Å². The number of nitrogens with one attached hydrogen (secondary N) is 2. The normalized spacial score (nSPS) is 14.9. The van der Waals surface area contributed by atoms with Crippen molar-refractivity contribution in [2.45, 2.75) is 63.3 Å². The molecule has 10 nitrogen and oxygen atoms in total. The maximum absolute atomic E-state index is 13.9. The second-order valence-corrected chi connectivity index (χ2v) is 12.2. The van der Waals surface area contributed by atoms with Crippen molar-refractivity contribution in [1.82, 2.24) is 19.6 Å². The van der Waals surface area contributed by atoms with Gasteiger partial charge < -0.3 is 16.0 Å². The zero-order valence-corrected chi connectivity index (χ0v) is 24.4. The molecule has 1 atom stereocenters. The van der Waals surface area contributed by atoms with Crippen molar-refractivity contribution in [3.63, 3.8) is 0 Å². The van der Waals surface area contributed by atoms with Crippen LogP contribution < -0.4 is 15.8 Å². The number of nitrogen functional groups attached to an aromatic ring is 1. The first kappa shape index (κ1) is 30.1. The molecule has 2 aromatic heterocycles. The molecule has 0 saturated carbocycles. The lowest BCUT2D eigenvalue weighted by molar-refractivity contribution is -0.134. The van der Waals surface area contributed by atoms with Gasteiger partial charge in [0, 0.05) is 43.7 Å². The Bertz CT molecular complexity index is 1440. The Morgan fingerprint density at radius 1 is 1.07 bits per heavy atom. The van der Waals surface area contributed by atoms with Gasteiger partial charge in [0.2, 0.25) is 21.8 Å². The average molecular weight is 579 g/mol. The van der Waals surface area contributed by atoms with E-state index in [1.54, 1.807) is 24.1 Å². The smallest absolute Gasteiger partial charge is 0.244 e. The largest absolute Gasteiger partial charge is 0.384 e. The zero-order chi connectivity index (χ0) is 29.4. The number of aryl methyl sites for hydroxylation is 1. The van der Waals surface area contributed by atoms with E-state index in [1.807, 2.05) is 36.4 Å². The van der Waals surface area contributed by atoms with Gasteiger partial charge in [-0.25, -0.2) is 13.4 Å². The molecule has 0 spiro atoms. The summed E-state index contributed by atoms with van der Waals surface area (Å²) >= 11 is 0. The number of hydrogen-bond acceptors (Lipinski definition) is 7. The lowest BCUT2D eigenvalue weighted by Gasteiger charge is -2.33. The molecule has 0 unspecified atom stereocenters. The van der Waals surface area contributed by atoms with E-state index >= 15 is 0 Å². The summed E-state index contributed by atoms with van der Waals surface area (Å²) in [4.78, 5) is 36.0. The standard InChI is InChI=1S/C30H38N6O4S/c1-3-28(37)34-29-24(23-9-5-4-6-10-23)19-32-20-26(29)41(39,40)35-25(30(38)36-16-14-21(2)15-17-36)11-7-8-22-12-13-27(31)33-18-22/h4-6,9-10,12-13,18-21,25,35H,3,7-8,11,14-17H2,1-2H3,(H2,31,33)(H,32,34,37)/t25-/m0/s1. The Labute approximate surface area is 241 Å². The predicted octanol–water partition coefficient (Wildman–Crippen LogP) is 4.00. The number of hydrogen-bond donors (Lipinski definition) is 3. The van der Waals surface area contributed by atoms with Crippen LogP contribution in [-0.2, 0) is 26.0 Å². The number of rotatable bonds is 11. The summed E-state index contributed by atoms with van der Waals surface area (Å²) in [5.41, 5.74) is 7.95. The van der Waals surface area contributed by atoms with Crippen molar-refractivity contribution >= 4 is 33.3 Å². The lowest BCUT2D eigenvalue weighted by Crippen LogP contribution is -2.50. The van der Waals surface area contributed by atoms with Crippen molar-refractivity contribution in [3.8, 4) is 11.1 Å². The van der Waals surface area contributed by atoms with Crippen LogP contribution in [0.15, 0.2) is 66.0 Å². The monoisotopic (exact) mass is 578 g/mol. The number of nitrogens with two attached hydrogens (primary N) is 1. The molecule has 1 saturated heterocycles. The third kappa shape index (κ3) is 7.89. The van der Waals surface area contributed by atoms with Gasteiger partial charge in [0.25, 0.3) is 0 Å². The van der Waals surface area contributed by atoms with Crippen molar-refractivity contribution in [2.75, 3.05) is 24.1 Å². The molecule has 3 heterocycles. The Morgan fingerprint density at radius 3 is 2.46 bits per heavy atom. The van der Waals surface area contributed by atoms with Gasteiger partial charge in [-0.15, -0.1) is 0 Å². The van der Waals surface area contributed by atoms with Crippen LogP contribution in [0.5, 0.6) is 0 Å². The molecule has 0 radical (unpaired) electrons. The maximum Gasteiger partial charge on any atom is 0.244 e. The highest BCUT2D eigenvalue weighted by molar-refractivity contribution is 7.89. The second kappa shape index (κ2) is 13.7. The minimum atomic E-state index is -4.27. The second-order valence-electron chi connectivity index (χ2n) is 10.5. The average Bonchev–Trinajstić information content (AvgIpc) is 2.98. The molecule has 11 heteroatoms. The van der Waals surface area contributed by atoms with Crippen LogP contribution in [-0.4, -0.2) is 54.2 Å². The molecule has 4 N–H and O–H groups in total. The summed E-state index contributed by atoms with van der Waals surface area (Å²) in [6.45, 7) is 5.02. The Balaban J connectivity index is 1.64. The number of pyridine rings is 2. The third-order valence-electron chi connectivity index (χ3n) is 7.37. The molecule has 2 amide bonds. The lowest BCUT2D eigenvalue weighted by atomic mass is 9.98. The molecule has 1 aromatic carbocycles. The quantitative estimate of drug-likeness (QED) is 0.311. The number of anilines is 2. The van der Waals surface area contributed by atoms with E-state index in [-0.39, 0.29) is 35.2 Å². The van der Waals surface area contributed by atoms with Gasteiger partial charge in [0.1, 0.15) is 16.8 Å². The van der Waals surface area contributed by atoms with E-state index in [0.717, 1.165) is 18.4 Å². The molecular formula is C30H38N6O4S. The fraction of sp³-hybridized carbons (Fsp3) is 0.400. The molecular weight excluding hydrogens is 540 g/mol. The van der Waals surface area contributed by atoms with Gasteiger partial charge in [0.15, 0.2) is 0 Å². The van der Waals surface area contributed by atoms with Gasteiger partial charge in [0.05, 0.1) is 5.69 Å². The van der Waals surface area contributed by atoms with Gasteiger partial charge in [-0.1, -0.05) is 50.2 Å². The third-order valence-corrected chi connectivity index (χ3v) is 8.85. The summed E-state index contributed by atoms with van der Waals surface area (Å²) < 4.78 is 30.5. The van der Waals surface area contributed by atoms with Crippen LogP contribution in [0.25, 0.3) is 11.1 Å². The van der Waals surface area contributed by atoms with E-state index in [9.17, 15) is 18.0 Å². The zero-order valence-electron chi connectivity index (χ0n) is 23.5. The summed E-state index contributed by atoms with van der Waals surface area (Å²) in [5, 5.41) is 2.76. The molecule has 0 aliphatic carbocycles.